The van der Waals surface area contributed by atoms with Crippen LogP contribution in [0.15, 0.2) is 40.9 Å². The van der Waals surface area contributed by atoms with Crippen molar-refractivity contribution < 1.29 is 30.8 Å². The van der Waals surface area contributed by atoms with Crippen molar-refractivity contribution >= 4 is 16.6 Å². The molecular weight excluding hydrogens is 440 g/mol. The van der Waals surface area contributed by atoms with Crippen molar-refractivity contribution in [1.82, 2.24) is 19.7 Å². The monoisotopic (exact) mass is 451 g/mol. The molecule has 6 nitrogen and oxygen atoms in total. The van der Waals surface area contributed by atoms with E-state index < -0.39 is 29.3 Å². The van der Waals surface area contributed by atoms with Gasteiger partial charge in [-0.25, -0.2) is 4.85 Å². The van der Waals surface area contributed by atoms with Crippen molar-refractivity contribution in [3.8, 4) is 11.5 Å². The maximum Gasteiger partial charge on any atom is 0.433 e. The fourth-order valence-corrected chi connectivity index (χ4v) is 3.31. The van der Waals surface area contributed by atoms with Gasteiger partial charge in [-0.1, -0.05) is 6.07 Å². The third-order valence-corrected chi connectivity index (χ3v) is 4.74. The molecule has 12 heteroatoms. The van der Waals surface area contributed by atoms with Gasteiger partial charge in [0.15, 0.2) is 5.69 Å². The maximum atomic E-state index is 13.6. The van der Waals surface area contributed by atoms with Crippen molar-refractivity contribution in [2.75, 3.05) is 0 Å². The van der Waals surface area contributed by atoms with Gasteiger partial charge < -0.3 is 8.98 Å². The summed E-state index contributed by atoms with van der Waals surface area (Å²) in [6.45, 7) is 8.54. The van der Waals surface area contributed by atoms with Gasteiger partial charge in [0.1, 0.15) is 12.2 Å². The molecule has 32 heavy (non-hydrogen) atoms. The Kier molecular flexibility index (Phi) is 4.92. The fourth-order valence-electron chi connectivity index (χ4n) is 3.31. The molecule has 4 aromatic rings. The summed E-state index contributed by atoms with van der Waals surface area (Å²) in [6.07, 6.45) is -8.36. The molecule has 0 saturated heterocycles. The number of aryl methyl sites for hydroxylation is 1. The lowest BCUT2D eigenvalue weighted by Crippen LogP contribution is -2.07. The SMILES string of the molecule is [C-]#[N+]c1ccc2c(cc(C)n2Cc2nnc(-c3ccc(C(F)(F)F)nc3)o2)c1C(F)(F)F. The summed E-state index contributed by atoms with van der Waals surface area (Å²) in [5.41, 5.74) is -1.76. The van der Waals surface area contributed by atoms with E-state index >= 15 is 0 Å². The number of hydrogen-bond donors (Lipinski definition) is 0. The van der Waals surface area contributed by atoms with E-state index in [1.165, 1.54) is 16.7 Å². The van der Waals surface area contributed by atoms with Crippen molar-refractivity contribution in [2.45, 2.75) is 25.8 Å². The quantitative estimate of drug-likeness (QED) is 0.282. The van der Waals surface area contributed by atoms with Crippen LogP contribution in [0.2, 0.25) is 0 Å². The number of fused-ring (bicyclic) bond motifs is 1. The lowest BCUT2D eigenvalue weighted by atomic mass is 10.1. The van der Waals surface area contributed by atoms with E-state index in [1.54, 1.807) is 6.92 Å². The van der Waals surface area contributed by atoms with E-state index in [1.807, 2.05) is 0 Å². The van der Waals surface area contributed by atoms with E-state index in [2.05, 4.69) is 20.0 Å². The van der Waals surface area contributed by atoms with Crippen molar-refractivity contribution in [1.29, 1.82) is 0 Å². The Morgan fingerprint density at radius 3 is 2.38 bits per heavy atom. The molecular formula is C20H11F6N5O. The first-order chi connectivity index (χ1) is 15.0. The highest BCUT2D eigenvalue weighted by molar-refractivity contribution is 5.90. The first-order valence-corrected chi connectivity index (χ1v) is 8.92. The molecule has 0 atom stereocenters. The molecule has 0 aliphatic heterocycles. The van der Waals surface area contributed by atoms with Gasteiger partial charge in [-0.2, -0.15) is 26.3 Å². The average Bonchev–Trinajstić information content (AvgIpc) is 3.31. The summed E-state index contributed by atoms with van der Waals surface area (Å²) < 4.78 is 85.6. The molecule has 0 bridgehead atoms. The van der Waals surface area contributed by atoms with Crippen LogP contribution in [0.3, 0.4) is 0 Å². The fraction of sp³-hybridized carbons (Fsp3) is 0.200. The Morgan fingerprint density at radius 2 is 1.78 bits per heavy atom. The summed E-state index contributed by atoms with van der Waals surface area (Å²) in [6, 6.07) is 5.73. The highest BCUT2D eigenvalue weighted by Gasteiger charge is 2.36. The standard InChI is InChI=1S/C20H11F6N5O/c1-10-7-12-14(5-4-13(27-2)17(12)20(24,25)26)31(10)9-16-29-30-18(32-16)11-3-6-15(28-8-11)19(21,22)23/h3-8H,9H2,1H3. The van der Waals surface area contributed by atoms with Gasteiger partial charge >= 0.3 is 12.4 Å². The van der Waals surface area contributed by atoms with Crippen LogP contribution < -0.4 is 0 Å². The average molecular weight is 451 g/mol. The predicted octanol–water partition coefficient (Wildman–Crippen LogP) is 6.03. The Balaban J connectivity index is 1.69. The Labute approximate surface area is 175 Å². The van der Waals surface area contributed by atoms with E-state index in [4.69, 9.17) is 11.0 Å². The largest absolute Gasteiger partial charge is 0.433 e. The first kappa shape index (κ1) is 21.4. The molecule has 0 spiro atoms. The summed E-state index contributed by atoms with van der Waals surface area (Å²) in [4.78, 5) is 6.30. The molecule has 0 amide bonds. The van der Waals surface area contributed by atoms with E-state index in [0.717, 1.165) is 24.4 Å². The van der Waals surface area contributed by atoms with Gasteiger partial charge in [0, 0.05) is 22.8 Å². The van der Waals surface area contributed by atoms with Crippen molar-refractivity contribution in [3.05, 3.63) is 70.8 Å². The molecule has 0 fully saturated rings. The minimum atomic E-state index is -4.72. The van der Waals surface area contributed by atoms with Crippen LogP contribution in [-0.2, 0) is 18.9 Å². The number of rotatable bonds is 3. The number of aromatic nitrogens is 4. The zero-order valence-electron chi connectivity index (χ0n) is 16.1. The minimum Gasteiger partial charge on any atom is -0.419 e. The Hall–Kier alpha value is -3.88. The van der Waals surface area contributed by atoms with E-state index in [9.17, 15) is 26.3 Å². The Morgan fingerprint density at radius 1 is 1.03 bits per heavy atom. The molecule has 4 rings (SSSR count). The number of pyridine rings is 1. The van der Waals surface area contributed by atoms with Gasteiger partial charge in [0.05, 0.1) is 17.7 Å². The predicted molar refractivity (Wildman–Crippen MR) is 99.6 cm³/mol. The summed E-state index contributed by atoms with van der Waals surface area (Å²) in [5, 5.41) is 7.49. The van der Waals surface area contributed by atoms with Crippen molar-refractivity contribution in [3.63, 3.8) is 0 Å². The second-order valence-corrected chi connectivity index (χ2v) is 6.80. The first-order valence-electron chi connectivity index (χ1n) is 8.92. The minimum absolute atomic E-state index is 0.0308. The number of alkyl halides is 6. The second-order valence-electron chi connectivity index (χ2n) is 6.80. The van der Waals surface area contributed by atoms with E-state index in [-0.39, 0.29) is 34.8 Å². The molecule has 0 aliphatic rings. The van der Waals surface area contributed by atoms with Crippen molar-refractivity contribution in [2.24, 2.45) is 0 Å². The molecule has 3 aromatic heterocycles. The zero-order chi connectivity index (χ0) is 23.3. The van der Waals surface area contributed by atoms with Gasteiger partial charge in [-0.3, -0.25) is 4.98 Å². The van der Waals surface area contributed by atoms with Crippen LogP contribution >= 0.6 is 0 Å². The number of benzene rings is 1. The lowest BCUT2D eigenvalue weighted by molar-refractivity contribution is -0.141. The van der Waals surface area contributed by atoms with Crippen LogP contribution in [0, 0.1) is 13.5 Å². The molecule has 0 unspecified atom stereocenters. The van der Waals surface area contributed by atoms with Gasteiger partial charge in [0.25, 0.3) is 0 Å². The Bertz CT molecular complexity index is 1340. The molecule has 3 heterocycles. The van der Waals surface area contributed by atoms with Crippen LogP contribution in [0.1, 0.15) is 22.8 Å². The molecule has 0 N–H and O–H groups in total. The summed E-state index contributed by atoms with van der Waals surface area (Å²) in [5.74, 6) is -0.0510. The normalized spacial score (nSPS) is 12.3. The maximum absolute atomic E-state index is 13.6. The molecule has 0 aliphatic carbocycles. The second kappa shape index (κ2) is 7.37. The van der Waals surface area contributed by atoms with Crippen LogP contribution in [-0.4, -0.2) is 19.7 Å². The van der Waals surface area contributed by atoms with Crippen LogP contribution in [0.25, 0.3) is 27.2 Å². The van der Waals surface area contributed by atoms with Crippen LogP contribution in [0.4, 0.5) is 32.0 Å². The zero-order valence-corrected chi connectivity index (χ0v) is 16.1. The summed E-state index contributed by atoms with van der Waals surface area (Å²) in [7, 11) is 0. The van der Waals surface area contributed by atoms with E-state index in [0.29, 0.717) is 5.69 Å². The number of halogens is 6. The summed E-state index contributed by atoms with van der Waals surface area (Å²) >= 11 is 0. The number of nitrogens with zero attached hydrogens (tertiary/aromatic N) is 5. The van der Waals surface area contributed by atoms with Crippen LogP contribution in [0.5, 0.6) is 0 Å². The molecule has 0 saturated carbocycles. The molecule has 1 aromatic carbocycles. The smallest absolute Gasteiger partial charge is 0.419 e. The molecule has 0 radical (unpaired) electrons. The molecule has 164 valence electrons. The van der Waals surface area contributed by atoms with Gasteiger partial charge in [-0.15, -0.1) is 10.2 Å². The lowest BCUT2D eigenvalue weighted by Gasteiger charge is -2.11. The third kappa shape index (κ3) is 3.77. The van der Waals surface area contributed by atoms with Gasteiger partial charge in [-0.05, 0) is 31.2 Å². The highest BCUT2D eigenvalue weighted by atomic mass is 19.4. The number of hydrogen-bond acceptors (Lipinski definition) is 4. The third-order valence-electron chi connectivity index (χ3n) is 4.74. The van der Waals surface area contributed by atoms with Gasteiger partial charge in [0.2, 0.25) is 11.8 Å². The topological polar surface area (TPSA) is 61.1 Å². The highest BCUT2D eigenvalue weighted by Crippen LogP contribution is 2.42.